The van der Waals surface area contributed by atoms with Gasteiger partial charge in [0.1, 0.15) is 5.75 Å². The molecule has 286 valence electrons. The molecule has 3 fully saturated rings. The summed E-state index contributed by atoms with van der Waals surface area (Å²) in [6.07, 6.45) is -2.28. The molecule has 0 radical (unpaired) electrons. The van der Waals surface area contributed by atoms with E-state index in [9.17, 15) is 37.5 Å². The standard InChI is InChI=1S/C41H31Cl2F3N4O6/c1-19-15-22(5-14-32(19)52)34-27-12-13-28-33(38(55)49(36(28)53)26-10-3-21(4-11-26)20(2)51)29(27)17-30-37(54)50(39(56)40(30,34)23-6-8-25(42)9-7-23)48-35-31(43)16-24(18-47-35)41(44,45)46/h3-12,14-16,18,28-30,33-34,52H,13,17H2,1-2H3,(H,47,48)/t28-,29+,30-,33-,34-,40+/m0/s1. The fourth-order valence-electron chi connectivity index (χ4n) is 9.12. The zero-order chi connectivity index (χ0) is 40.0. The summed E-state index contributed by atoms with van der Waals surface area (Å²) in [5, 5.41) is 11.2. The zero-order valence-electron chi connectivity index (χ0n) is 29.6. The third-order valence-corrected chi connectivity index (χ3v) is 12.2. The molecule has 10 nitrogen and oxygen atoms in total. The van der Waals surface area contributed by atoms with E-state index in [0.29, 0.717) is 50.8 Å². The van der Waals surface area contributed by atoms with E-state index in [-0.39, 0.29) is 30.2 Å². The van der Waals surface area contributed by atoms with E-state index in [2.05, 4.69) is 10.4 Å². The number of anilines is 2. The number of halogens is 5. The molecule has 0 spiro atoms. The Labute approximate surface area is 327 Å². The van der Waals surface area contributed by atoms with Gasteiger partial charge in [-0.25, -0.2) is 4.98 Å². The summed E-state index contributed by atoms with van der Waals surface area (Å²) in [6, 6.07) is 18.0. The number of aromatic hydroxyl groups is 1. The van der Waals surface area contributed by atoms with Crippen LogP contribution in [-0.4, -0.2) is 44.5 Å². The van der Waals surface area contributed by atoms with Crippen molar-refractivity contribution < 1.29 is 42.3 Å². The van der Waals surface area contributed by atoms with E-state index in [1.54, 1.807) is 43.3 Å². The van der Waals surface area contributed by atoms with Gasteiger partial charge in [-0.05, 0) is 97.8 Å². The summed E-state index contributed by atoms with van der Waals surface area (Å²) < 4.78 is 40.4. The summed E-state index contributed by atoms with van der Waals surface area (Å²) in [5.74, 6) is -7.57. The molecule has 4 amide bonds. The largest absolute Gasteiger partial charge is 0.508 e. The van der Waals surface area contributed by atoms with Gasteiger partial charge in [0.05, 0.1) is 39.4 Å². The Morgan fingerprint density at radius 3 is 2.25 bits per heavy atom. The molecule has 56 heavy (non-hydrogen) atoms. The first-order valence-electron chi connectivity index (χ1n) is 17.7. The Bertz CT molecular complexity index is 2400. The zero-order valence-corrected chi connectivity index (χ0v) is 31.1. The third kappa shape index (κ3) is 5.62. The van der Waals surface area contributed by atoms with Crippen molar-refractivity contribution in [1.82, 2.24) is 9.99 Å². The number of imide groups is 2. The number of aromatic nitrogens is 1. The molecule has 3 aromatic carbocycles. The van der Waals surface area contributed by atoms with Crippen LogP contribution in [0.5, 0.6) is 5.75 Å². The van der Waals surface area contributed by atoms with Gasteiger partial charge in [0.25, 0.3) is 11.8 Å². The maximum atomic E-state index is 15.3. The molecule has 2 N–H and O–H groups in total. The van der Waals surface area contributed by atoms with Crippen LogP contribution >= 0.6 is 23.2 Å². The summed E-state index contributed by atoms with van der Waals surface area (Å²) in [5.41, 5.74) is 2.51. The highest BCUT2D eigenvalue weighted by Gasteiger charge is 2.70. The highest BCUT2D eigenvalue weighted by atomic mass is 35.5. The van der Waals surface area contributed by atoms with Crippen LogP contribution in [0.4, 0.5) is 24.7 Å². The average Bonchev–Trinajstić information content (AvgIpc) is 3.54. The molecule has 0 bridgehead atoms. The number of amides is 4. The SMILES string of the molecule is CC(=O)c1ccc(N2C(=O)[C@H]3[C@H](CC=C4[C@H]3C[C@H]3C(=O)N(Nc5ncc(C(F)(F)F)cc5Cl)C(=O)[C@@]3(c3ccc(Cl)cc3)[C@H]4c3ccc(O)c(C)c3)C2=O)cc1. The minimum Gasteiger partial charge on any atom is -0.508 e. The molecule has 1 aromatic heterocycles. The summed E-state index contributed by atoms with van der Waals surface area (Å²) in [6.45, 7) is 3.08. The predicted molar refractivity (Wildman–Crippen MR) is 199 cm³/mol. The van der Waals surface area contributed by atoms with E-state index < -0.39 is 75.4 Å². The number of phenols is 1. The highest BCUT2D eigenvalue weighted by molar-refractivity contribution is 6.33. The molecule has 8 rings (SSSR count). The Morgan fingerprint density at radius 2 is 1.62 bits per heavy atom. The molecule has 0 unspecified atom stereocenters. The second-order valence-corrected chi connectivity index (χ2v) is 15.4. The van der Waals surface area contributed by atoms with Crippen molar-refractivity contribution >= 4 is 64.1 Å². The summed E-state index contributed by atoms with van der Waals surface area (Å²) in [4.78, 5) is 75.6. The van der Waals surface area contributed by atoms with Crippen LogP contribution in [0.25, 0.3) is 0 Å². The smallest absolute Gasteiger partial charge is 0.417 e. The van der Waals surface area contributed by atoms with Crippen LogP contribution in [0.1, 0.15) is 58.3 Å². The first kappa shape index (κ1) is 37.4. The fourth-order valence-corrected chi connectivity index (χ4v) is 9.45. The number of nitrogens with zero attached hydrogens (tertiary/aromatic N) is 3. The summed E-state index contributed by atoms with van der Waals surface area (Å²) >= 11 is 12.6. The van der Waals surface area contributed by atoms with Crippen molar-refractivity contribution in [2.75, 3.05) is 10.3 Å². The number of rotatable bonds is 6. The lowest BCUT2D eigenvalue weighted by atomic mass is 9.49. The second kappa shape index (κ2) is 13.3. The van der Waals surface area contributed by atoms with Gasteiger partial charge in [0.15, 0.2) is 11.6 Å². The topological polar surface area (TPSA) is 137 Å². The van der Waals surface area contributed by atoms with Crippen LogP contribution in [0.15, 0.2) is 90.6 Å². The molecular formula is C41H31Cl2F3N4O6. The van der Waals surface area contributed by atoms with E-state index in [1.807, 2.05) is 6.08 Å². The predicted octanol–water partition coefficient (Wildman–Crippen LogP) is 7.81. The molecule has 3 heterocycles. The number of alkyl halides is 3. The van der Waals surface area contributed by atoms with Crippen molar-refractivity contribution in [3.63, 3.8) is 0 Å². The highest BCUT2D eigenvalue weighted by Crippen LogP contribution is 2.64. The number of Topliss-reactive ketones (excluding diaryl/α,β-unsaturated/α-hetero) is 1. The van der Waals surface area contributed by atoms with E-state index >= 15 is 4.79 Å². The number of phenolic OH excluding ortho intramolecular Hbond substituents is 1. The number of allylic oxidation sites excluding steroid dienone is 2. The molecule has 2 saturated heterocycles. The van der Waals surface area contributed by atoms with E-state index in [0.717, 1.165) is 9.91 Å². The Balaban J connectivity index is 1.29. The number of nitrogens with one attached hydrogen (secondary N) is 1. The molecule has 6 atom stereocenters. The average molecular weight is 804 g/mol. The second-order valence-electron chi connectivity index (χ2n) is 14.6. The number of fused-ring (bicyclic) bond motifs is 4. The number of hydrazine groups is 1. The number of pyridine rings is 1. The van der Waals surface area contributed by atoms with Crippen molar-refractivity contribution in [2.24, 2.45) is 23.7 Å². The van der Waals surface area contributed by atoms with Gasteiger partial charge in [-0.2, -0.15) is 18.2 Å². The summed E-state index contributed by atoms with van der Waals surface area (Å²) in [7, 11) is 0. The van der Waals surface area contributed by atoms with Crippen LogP contribution < -0.4 is 10.3 Å². The number of benzene rings is 3. The van der Waals surface area contributed by atoms with Crippen LogP contribution in [-0.2, 0) is 30.8 Å². The van der Waals surface area contributed by atoms with Crippen LogP contribution in [0.2, 0.25) is 10.0 Å². The Kier molecular flexibility index (Phi) is 8.88. The van der Waals surface area contributed by atoms with Crippen LogP contribution in [0, 0.1) is 30.6 Å². The normalized spacial score (nSPS) is 25.8. The number of carbonyl (C=O) groups excluding carboxylic acids is 5. The van der Waals surface area contributed by atoms with Gasteiger partial charge in [-0.1, -0.05) is 59.1 Å². The minimum atomic E-state index is -4.76. The molecule has 4 aromatic rings. The van der Waals surface area contributed by atoms with Gasteiger partial charge in [-0.3, -0.25) is 34.3 Å². The Morgan fingerprint density at radius 1 is 0.929 bits per heavy atom. The lowest BCUT2D eigenvalue weighted by Crippen LogP contribution is -2.53. The molecule has 2 aliphatic carbocycles. The first-order chi connectivity index (χ1) is 26.5. The Hall–Kier alpha value is -5.53. The molecule has 15 heteroatoms. The molecule has 2 aliphatic heterocycles. The van der Waals surface area contributed by atoms with Gasteiger partial charge in [-0.15, -0.1) is 0 Å². The minimum absolute atomic E-state index is 0.0148. The third-order valence-electron chi connectivity index (χ3n) is 11.6. The van der Waals surface area contributed by atoms with E-state index in [4.69, 9.17) is 23.2 Å². The fraction of sp³-hybridized carbons (Fsp3) is 0.268. The van der Waals surface area contributed by atoms with Crippen molar-refractivity contribution in [1.29, 1.82) is 0 Å². The number of carbonyl (C=O) groups is 5. The van der Waals surface area contributed by atoms with Crippen molar-refractivity contribution in [2.45, 2.75) is 44.2 Å². The number of ketones is 1. The number of aryl methyl sites for hydroxylation is 1. The van der Waals surface area contributed by atoms with Crippen LogP contribution in [0.3, 0.4) is 0 Å². The van der Waals surface area contributed by atoms with Gasteiger partial charge >= 0.3 is 6.18 Å². The maximum Gasteiger partial charge on any atom is 0.417 e. The molecular weight excluding hydrogens is 772 g/mol. The quantitative estimate of drug-likeness (QED) is 0.115. The van der Waals surface area contributed by atoms with E-state index in [1.165, 1.54) is 37.3 Å². The molecule has 4 aliphatic rings. The lowest BCUT2D eigenvalue weighted by molar-refractivity contribution is -0.139. The van der Waals surface area contributed by atoms with Gasteiger partial charge in [0, 0.05) is 22.7 Å². The first-order valence-corrected chi connectivity index (χ1v) is 18.4. The van der Waals surface area contributed by atoms with Gasteiger partial charge < -0.3 is 5.11 Å². The lowest BCUT2D eigenvalue weighted by Gasteiger charge is -2.50. The number of hydrogen-bond donors (Lipinski definition) is 2. The monoisotopic (exact) mass is 802 g/mol. The van der Waals surface area contributed by atoms with Crippen molar-refractivity contribution in [3.05, 3.63) is 129 Å². The van der Waals surface area contributed by atoms with Crippen molar-refractivity contribution in [3.8, 4) is 5.75 Å². The number of hydrogen-bond acceptors (Lipinski definition) is 8. The van der Waals surface area contributed by atoms with Gasteiger partial charge in [0.2, 0.25) is 11.8 Å². The molecule has 1 saturated carbocycles. The maximum absolute atomic E-state index is 15.3.